The van der Waals surface area contributed by atoms with Crippen LogP contribution in [0.4, 0.5) is 0 Å². The molecule has 8 heavy (non-hydrogen) atoms. The van der Waals surface area contributed by atoms with Crippen LogP contribution in [0.15, 0.2) is 0 Å². The highest BCUT2D eigenvalue weighted by Crippen LogP contribution is 1.82. The zero-order valence-corrected chi connectivity index (χ0v) is 4.53. The molecule has 0 spiro atoms. The molecule has 0 aliphatic heterocycles. The Morgan fingerprint density at radius 1 is 1.75 bits per heavy atom. The van der Waals surface area contributed by atoms with Crippen molar-refractivity contribution in [2.24, 2.45) is 11.7 Å². The van der Waals surface area contributed by atoms with Crippen LogP contribution in [0.1, 0.15) is 6.92 Å². The maximum Gasteiger partial charge on any atom is 0.323 e. The number of nitrogens with two attached hydrogens (primary N) is 2. The summed E-state index contributed by atoms with van der Waals surface area (Å²) in [5, 5.41) is 8.79. The zero-order chi connectivity index (χ0) is 6.73. The van der Waals surface area contributed by atoms with Gasteiger partial charge in [-0.15, -0.1) is 0 Å². The van der Waals surface area contributed by atoms with Gasteiger partial charge < -0.3 is 5.11 Å². The smallest absolute Gasteiger partial charge is 0.323 e. The first-order valence-electron chi connectivity index (χ1n) is 2.07. The highest BCUT2D eigenvalue weighted by molar-refractivity contribution is 5.72. The summed E-state index contributed by atoms with van der Waals surface area (Å²) in [6.45, 7) is 1.39. The highest BCUT2D eigenvalue weighted by atomic mass is 16.4. The van der Waals surface area contributed by atoms with Crippen molar-refractivity contribution in [3.05, 3.63) is 0 Å². The van der Waals surface area contributed by atoms with Gasteiger partial charge in [0.05, 0.1) is 0 Å². The minimum atomic E-state index is -1.03. The fraction of sp³-hybridized carbons (Fsp3) is 0.667. The molecule has 0 amide bonds. The van der Waals surface area contributed by atoms with E-state index in [1.54, 1.807) is 0 Å². The lowest BCUT2D eigenvalue weighted by atomic mass is 10.4. The first kappa shape index (κ1) is 7.35. The van der Waals surface area contributed by atoms with E-state index in [-0.39, 0.29) is 0 Å². The molecule has 0 bridgehead atoms. The Bertz CT molecular complexity index is 92.5. The molecule has 0 aliphatic carbocycles. The van der Waals surface area contributed by atoms with Crippen LogP contribution < -0.4 is 11.7 Å². The van der Waals surface area contributed by atoms with Crippen LogP contribution in [0.2, 0.25) is 0 Å². The quantitative estimate of drug-likeness (QED) is 0.304. The lowest BCUT2D eigenvalue weighted by molar-refractivity contribution is -0.142. The Kier molecular flexibility index (Phi) is 2.40. The molecule has 0 saturated heterocycles. The summed E-state index contributed by atoms with van der Waals surface area (Å²) in [5.41, 5.74) is 0. The predicted molar refractivity (Wildman–Crippen MR) is 27.3 cm³/mol. The van der Waals surface area contributed by atoms with Gasteiger partial charge >= 0.3 is 5.97 Å². The van der Waals surface area contributed by atoms with E-state index in [4.69, 9.17) is 16.8 Å². The van der Waals surface area contributed by atoms with Crippen LogP contribution in [0, 0.1) is 0 Å². The molecule has 0 fully saturated rings. The minimum Gasteiger partial charge on any atom is -0.480 e. The number of hydrogen-bond acceptors (Lipinski definition) is 4. The van der Waals surface area contributed by atoms with Gasteiger partial charge in [0.15, 0.2) is 0 Å². The summed E-state index contributed by atoms with van der Waals surface area (Å²) in [7, 11) is 0. The van der Waals surface area contributed by atoms with Crippen molar-refractivity contribution >= 4 is 5.97 Å². The summed E-state index contributed by atoms with van der Waals surface area (Å²) in [4.78, 5) is 9.94. The summed E-state index contributed by atoms with van der Waals surface area (Å²) in [5.74, 6) is 8.70. The van der Waals surface area contributed by atoms with Crippen molar-refractivity contribution in [1.82, 2.24) is 5.12 Å². The van der Waals surface area contributed by atoms with Gasteiger partial charge in [-0.3, -0.25) is 16.5 Å². The molecule has 5 heteroatoms. The number of aliphatic carboxylic acids is 1. The molecule has 1 atom stereocenters. The minimum absolute atomic E-state index is 0.641. The van der Waals surface area contributed by atoms with Gasteiger partial charge in [0.25, 0.3) is 0 Å². The van der Waals surface area contributed by atoms with Crippen molar-refractivity contribution in [1.29, 1.82) is 0 Å². The zero-order valence-electron chi connectivity index (χ0n) is 4.53. The second-order valence-electron chi connectivity index (χ2n) is 1.46. The Morgan fingerprint density at radius 3 is 2.12 bits per heavy atom. The molecule has 0 aliphatic rings. The van der Waals surface area contributed by atoms with E-state index in [0.717, 1.165) is 0 Å². The first-order valence-corrected chi connectivity index (χ1v) is 2.07. The third-order valence-corrected chi connectivity index (χ3v) is 0.805. The Balaban J connectivity index is 3.64. The number of carbonyl (C=O) groups is 1. The molecule has 0 saturated carbocycles. The summed E-state index contributed by atoms with van der Waals surface area (Å²) < 4.78 is 0. The second-order valence-corrected chi connectivity index (χ2v) is 1.46. The molecule has 0 heterocycles. The maximum atomic E-state index is 9.94. The largest absolute Gasteiger partial charge is 0.480 e. The maximum absolute atomic E-state index is 9.94. The standard InChI is InChI=1S/C3H9N3O2/c1-2(3(7)8)6(4)5/h2H,4-5H2,1H3,(H,7,8)/t2-/m0/s1. The number of carboxylic acid groups (broad SMARTS) is 1. The molecular formula is C3H9N3O2. The topological polar surface area (TPSA) is 92.6 Å². The molecule has 0 aromatic heterocycles. The number of hydrazine groups is 2. The normalized spacial score (nSPS) is 14.0. The average Bonchev–Trinajstić information content (AvgIpc) is 1.64. The molecule has 0 aromatic rings. The summed E-state index contributed by atoms with van der Waals surface area (Å²) in [6.07, 6.45) is 0. The number of nitrogens with zero attached hydrogens (tertiary/aromatic N) is 1. The third kappa shape index (κ3) is 1.87. The molecule has 5 N–H and O–H groups in total. The molecule has 48 valence electrons. The Morgan fingerprint density at radius 2 is 2.12 bits per heavy atom. The molecule has 0 aromatic carbocycles. The van der Waals surface area contributed by atoms with Gasteiger partial charge in [-0.25, -0.2) is 0 Å². The van der Waals surface area contributed by atoms with Crippen LogP contribution in [-0.4, -0.2) is 22.2 Å². The number of hydrogen-bond donors (Lipinski definition) is 3. The van der Waals surface area contributed by atoms with E-state index in [0.29, 0.717) is 5.12 Å². The SMILES string of the molecule is C[C@@H](C(=O)O)N(N)N. The molecule has 0 rings (SSSR count). The Hall–Kier alpha value is -0.650. The fourth-order valence-corrected chi connectivity index (χ4v) is 0.128. The fourth-order valence-electron chi connectivity index (χ4n) is 0.128. The van der Waals surface area contributed by atoms with E-state index < -0.39 is 12.0 Å². The predicted octanol–water partition coefficient (Wildman–Crippen LogP) is -1.49. The van der Waals surface area contributed by atoms with E-state index in [9.17, 15) is 4.79 Å². The van der Waals surface area contributed by atoms with Gasteiger partial charge in [0, 0.05) is 0 Å². The lowest BCUT2D eigenvalue weighted by Gasteiger charge is -2.12. The molecule has 0 radical (unpaired) electrons. The number of carboxylic acids is 1. The van der Waals surface area contributed by atoms with Crippen LogP contribution >= 0.6 is 0 Å². The van der Waals surface area contributed by atoms with Gasteiger partial charge in [0.2, 0.25) is 0 Å². The molecule has 5 nitrogen and oxygen atoms in total. The molecule has 0 unspecified atom stereocenters. The monoisotopic (exact) mass is 119 g/mol. The van der Waals surface area contributed by atoms with Gasteiger partial charge in [0.1, 0.15) is 6.04 Å². The summed E-state index contributed by atoms with van der Waals surface area (Å²) in [6, 6.07) is -0.824. The summed E-state index contributed by atoms with van der Waals surface area (Å²) >= 11 is 0. The average molecular weight is 119 g/mol. The van der Waals surface area contributed by atoms with Crippen molar-refractivity contribution in [2.75, 3.05) is 0 Å². The van der Waals surface area contributed by atoms with Crippen LogP contribution in [0.3, 0.4) is 0 Å². The van der Waals surface area contributed by atoms with Gasteiger partial charge in [-0.05, 0) is 6.92 Å². The van der Waals surface area contributed by atoms with E-state index in [1.165, 1.54) is 6.92 Å². The van der Waals surface area contributed by atoms with Crippen LogP contribution in [-0.2, 0) is 4.79 Å². The van der Waals surface area contributed by atoms with Gasteiger partial charge in [-0.2, -0.15) is 5.12 Å². The first-order chi connectivity index (χ1) is 3.55. The van der Waals surface area contributed by atoms with Crippen LogP contribution in [0.25, 0.3) is 0 Å². The van der Waals surface area contributed by atoms with Crippen molar-refractivity contribution in [3.63, 3.8) is 0 Å². The van der Waals surface area contributed by atoms with E-state index in [1.807, 2.05) is 0 Å². The van der Waals surface area contributed by atoms with E-state index >= 15 is 0 Å². The van der Waals surface area contributed by atoms with Gasteiger partial charge in [-0.1, -0.05) is 0 Å². The van der Waals surface area contributed by atoms with Crippen molar-refractivity contribution < 1.29 is 9.90 Å². The molecular weight excluding hydrogens is 110 g/mol. The van der Waals surface area contributed by atoms with Crippen molar-refractivity contribution in [2.45, 2.75) is 13.0 Å². The van der Waals surface area contributed by atoms with Crippen LogP contribution in [0.5, 0.6) is 0 Å². The number of rotatable bonds is 2. The lowest BCUT2D eigenvalue weighted by Crippen LogP contribution is -2.48. The Labute approximate surface area is 46.8 Å². The highest BCUT2D eigenvalue weighted by Gasteiger charge is 2.12. The van der Waals surface area contributed by atoms with Crippen molar-refractivity contribution in [3.8, 4) is 0 Å². The second kappa shape index (κ2) is 2.61. The third-order valence-electron chi connectivity index (χ3n) is 0.805. The van der Waals surface area contributed by atoms with E-state index in [2.05, 4.69) is 0 Å².